The normalized spacial score (nSPS) is 44.0. The molecule has 4 aliphatic rings. The van der Waals surface area contributed by atoms with Crippen LogP contribution in [0.4, 0.5) is 0 Å². The Labute approximate surface area is 172 Å². The van der Waals surface area contributed by atoms with E-state index in [2.05, 4.69) is 6.92 Å². The maximum absolute atomic E-state index is 12.8. The van der Waals surface area contributed by atoms with E-state index in [1.807, 2.05) is 0 Å². The van der Waals surface area contributed by atoms with Crippen molar-refractivity contribution >= 4 is 17.9 Å². The Hall–Kier alpha value is -1.43. The van der Waals surface area contributed by atoms with Crippen LogP contribution in [-0.4, -0.2) is 36.2 Å². The fraction of sp³-hybridized carbons (Fsp3) is 0.870. The van der Waals surface area contributed by atoms with E-state index in [1.54, 1.807) is 13.8 Å². The highest BCUT2D eigenvalue weighted by molar-refractivity contribution is 5.96. The number of hydrogen-bond acceptors (Lipinski definition) is 6. The lowest BCUT2D eigenvalue weighted by molar-refractivity contribution is -0.155. The molecule has 6 heteroatoms. The summed E-state index contributed by atoms with van der Waals surface area (Å²) in [5.41, 5.74) is -0.712. The molecule has 3 aliphatic carbocycles. The molecule has 2 bridgehead atoms. The largest absolute Gasteiger partial charge is 0.469 e. The lowest BCUT2D eigenvalue weighted by atomic mass is 9.58. The van der Waals surface area contributed by atoms with E-state index in [1.165, 1.54) is 13.5 Å². The highest BCUT2D eigenvalue weighted by atomic mass is 16.6. The van der Waals surface area contributed by atoms with Crippen LogP contribution in [0.2, 0.25) is 0 Å². The molecule has 1 saturated heterocycles. The zero-order valence-electron chi connectivity index (χ0n) is 17.9. The van der Waals surface area contributed by atoms with Gasteiger partial charge in [-0.1, -0.05) is 13.3 Å². The van der Waals surface area contributed by atoms with Crippen molar-refractivity contribution in [3.63, 3.8) is 0 Å². The predicted molar refractivity (Wildman–Crippen MR) is 104 cm³/mol. The van der Waals surface area contributed by atoms with E-state index in [9.17, 15) is 19.5 Å². The molecule has 0 spiro atoms. The van der Waals surface area contributed by atoms with Crippen LogP contribution in [0.25, 0.3) is 0 Å². The number of aliphatic hydroxyl groups is 1. The second-order valence-electron chi connectivity index (χ2n) is 10.5. The average Bonchev–Trinajstić information content (AvgIpc) is 3.29. The van der Waals surface area contributed by atoms with Crippen LogP contribution in [0, 0.1) is 52.8 Å². The first kappa shape index (κ1) is 20.8. The molecule has 0 aromatic carbocycles. The van der Waals surface area contributed by atoms with Crippen LogP contribution in [0.1, 0.15) is 59.3 Å². The van der Waals surface area contributed by atoms with Crippen molar-refractivity contribution in [1.82, 2.24) is 0 Å². The second-order valence-corrected chi connectivity index (χ2v) is 10.5. The zero-order valence-corrected chi connectivity index (χ0v) is 17.9. The summed E-state index contributed by atoms with van der Waals surface area (Å²) in [6, 6.07) is 0. The lowest BCUT2D eigenvalue weighted by Gasteiger charge is -2.46. The summed E-state index contributed by atoms with van der Waals surface area (Å²) in [7, 11) is 1.36. The van der Waals surface area contributed by atoms with Gasteiger partial charge >= 0.3 is 17.9 Å². The van der Waals surface area contributed by atoms with E-state index in [0.29, 0.717) is 30.6 Å². The first-order valence-corrected chi connectivity index (χ1v) is 11.2. The smallest absolute Gasteiger partial charge is 0.317 e. The number of esters is 3. The van der Waals surface area contributed by atoms with Gasteiger partial charge in [-0.2, -0.15) is 0 Å². The maximum Gasteiger partial charge on any atom is 0.317 e. The number of carbonyl (C=O) groups is 3. The number of carbonyl (C=O) groups excluding carboxylic acids is 3. The molecule has 4 rings (SSSR count). The highest BCUT2D eigenvalue weighted by Crippen LogP contribution is 2.65. The first-order chi connectivity index (χ1) is 13.7. The molecule has 0 radical (unpaired) electrons. The molecule has 0 aromatic rings. The molecule has 0 aromatic heterocycles. The Morgan fingerprint density at radius 1 is 1.14 bits per heavy atom. The van der Waals surface area contributed by atoms with E-state index in [0.717, 1.165) is 19.3 Å². The minimum atomic E-state index is -0.712. The average molecular weight is 407 g/mol. The van der Waals surface area contributed by atoms with Crippen molar-refractivity contribution in [3.8, 4) is 0 Å². The number of aliphatic hydroxyl groups excluding tert-OH is 1. The van der Waals surface area contributed by atoms with Gasteiger partial charge in [-0.15, -0.1) is 0 Å². The van der Waals surface area contributed by atoms with Gasteiger partial charge in [-0.25, -0.2) is 0 Å². The van der Waals surface area contributed by atoms with Crippen LogP contribution in [0.15, 0.2) is 0 Å². The van der Waals surface area contributed by atoms with Crippen LogP contribution >= 0.6 is 0 Å². The van der Waals surface area contributed by atoms with Crippen molar-refractivity contribution in [2.45, 2.75) is 65.4 Å². The van der Waals surface area contributed by atoms with Gasteiger partial charge in [0.25, 0.3) is 0 Å². The number of fused-ring (bicyclic) bond motifs is 5. The third-order valence-electron chi connectivity index (χ3n) is 8.78. The van der Waals surface area contributed by atoms with Crippen LogP contribution in [0.3, 0.4) is 0 Å². The molecule has 4 fully saturated rings. The summed E-state index contributed by atoms with van der Waals surface area (Å²) in [5, 5.41) is 10.7. The van der Waals surface area contributed by atoms with Crippen LogP contribution in [-0.2, 0) is 23.9 Å². The SMILES string of the molecule is COC(=O)C(C)(C)CCC1C(=O)OC(=O)C1C1C(C)C2CC1C1C(O)CCCC21. The Bertz CT molecular complexity index is 699. The summed E-state index contributed by atoms with van der Waals surface area (Å²) in [4.78, 5) is 37.4. The summed E-state index contributed by atoms with van der Waals surface area (Å²) >= 11 is 0. The Balaban J connectivity index is 1.55. The first-order valence-electron chi connectivity index (χ1n) is 11.2. The molecule has 0 amide bonds. The van der Waals surface area contributed by atoms with Crippen LogP contribution < -0.4 is 0 Å². The predicted octanol–water partition coefficient (Wildman–Crippen LogP) is 2.96. The minimum Gasteiger partial charge on any atom is -0.469 e. The van der Waals surface area contributed by atoms with Crippen LogP contribution in [0.5, 0.6) is 0 Å². The molecule has 1 heterocycles. The van der Waals surface area contributed by atoms with Crippen molar-refractivity contribution in [1.29, 1.82) is 0 Å². The van der Waals surface area contributed by atoms with Gasteiger partial charge in [0.15, 0.2) is 0 Å². The molecule has 9 unspecified atom stereocenters. The fourth-order valence-corrected chi connectivity index (χ4v) is 7.44. The Morgan fingerprint density at radius 3 is 2.55 bits per heavy atom. The van der Waals surface area contributed by atoms with E-state index < -0.39 is 29.2 Å². The van der Waals surface area contributed by atoms with Crippen molar-refractivity contribution in [3.05, 3.63) is 0 Å². The summed E-state index contributed by atoms with van der Waals surface area (Å²) in [5.74, 6) is -0.0497. The Morgan fingerprint density at radius 2 is 1.86 bits per heavy atom. The number of rotatable bonds is 5. The van der Waals surface area contributed by atoms with Gasteiger partial charge in [0, 0.05) is 0 Å². The number of ether oxygens (including phenoxy) is 2. The molecule has 9 atom stereocenters. The fourth-order valence-electron chi connectivity index (χ4n) is 7.44. The lowest BCUT2D eigenvalue weighted by Crippen LogP contribution is -2.46. The third kappa shape index (κ3) is 3.22. The molecule has 29 heavy (non-hydrogen) atoms. The summed E-state index contributed by atoms with van der Waals surface area (Å²) < 4.78 is 10.00. The van der Waals surface area contributed by atoms with Gasteiger partial charge in [-0.05, 0) is 81.5 Å². The van der Waals surface area contributed by atoms with Gasteiger partial charge in [0.1, 0.15) is 0 Å². The van der Waals surface area contributed by atoms with Gasteiger partial charge < -0.3 is 14.6 Å². The summed E-state index contributed by atoms with van der Waals surface area (Å²) in [6.45, 7) is 5.83. The minimum absolute atomic E-state index is 0.0826. The van der Waals surface area contributed by atoms with E-state index >= 15 is 0 Å². The van der Waals surface area contributed by atoms with Gasteiger partial charge in [0.05, 0.1) is 30.5 Å². The number of methoxy groups -OCH3 is 1. The van der Waals surface area contributed by atoms with Crippen molar-refractivity contribution in [2.75, 3.05) is 7.11 Å². The molecule has 1 N–H and O–H groups in total. The molecule has 162 valence electrons. The van der Waals surface area contributed by atoms with E-state index in [4.69, 9.17) is 9.47 Å². The summed E-state index contributed by atoms with van der Waals surface area (Å²) in [6.07, 6.45) is 4.76. The molecule has 3 saturated carbocycles. The number of cyclic esters (lactones) is 2. The second kappa shape index (κ2) is 7.36. The number of hydrogen-bond donors (Lipinski definition) is 1. The van der Waals surface area contributed by atoms with Crippen molar-refractivity contribution < 1.29 is 29.0 Å². The van der Waals surface area contributed by atoms with Gasteiger partial charge in [0.2, 0.25) is 0 Å². The molecular weight excluding hydrogens is 372 g/mol. The quantitative estimate of drug-likeness (QED) is 0.558. The molecule has 6 nitrogen and oxygen atoms in total. The standard InChI is InChI=1S/C23H34O6/c1-11-14-10-15(18-12(14)6-5-7-16(18)24)17(11)19-13(20(25)29-21(19)26)8-9-23(2,3)22(27)28-4/h11-19,24H,5-10H2,1-4H3. The molecular formula is C23H34O6. The van der Waals surface area contributed by atoms with E-state index in [-0.39, 0.29) is 29.8 Å². The monoisotopic (exact) mass is 406 g/mol. The zero-order chi connectivity index (χ0) is 21.1. The highest BCUT2D eigenvalue weighted by Gasteiger charge is 2.64. The molecule has 1 aliphatic heterocycles. The van der Waals surface area contributed by atoms with Crippen molar-refractivity contribution in [2.24, 2.45) is 52.8 Å². The topological polar surface area (TPSA) is 89.9 Å². The van der Waals surface area contributed by atoms with Gasteiger partial charge in [-0.3, -0.25) is 14.4 Å². The Kier molecular flexibility index (Phi) is 5.29. The maximum atomic E-state index is 12.8. The third-order valence-corrected chi connectivity index (χ3v) is 8.78.